The molecule has 3 N–H and O–H groups in total. The number of amides is 1. The number of aliphatic imine (C=N–C) groups is 1. The second-order valence-electron chi connectivity index (χ2n) is 5.28. The summed E-state index contributed by atoms with van der Waals surface area (Å²) < 4.78 is 25.7. The first-order chi connectivity index (χ1) is 12.1. The van der Waals surface area contributed by atoms with Crippen molar-refractivity contribution >= 4 is 17.6 Å². The van der Waals surface area contributed by atoms with Crippen LogP contribution in [0.5, 0.6) is 0 Å². The van der Waals surface area contributed by atoms with Crippen molar-refractivity contribution in [3.8, 4) is 0 Å². The van der Waals surface area contributed by atoms with E-state index in [2.05, 4.69) is 20.9 Å². The second-order valence-corrected chi connectivity index (χ2v) is 5.28. The van der Waals surface area contributed by atoms with Crippen LogP contribution in [0.1, 0.15) is 5.56 Å². The molecule has 0 fully saturated rings. The average Bonchev–Trinajstić information content (AvgIpc) is 2.61. The number of halogens is 2. The highest BCUT2D eigenvalue weighted by Crippen LogP contribution is 2.07. The van der Waals surface area contributed by atoms with E-state index in [1.165, 1.54) is 36.4 Å². The zero-order chi connectivity index (χ0) is 18.1. The number of carbonyl (C=O) groups excluding carboxylic acids is 1. The molecular formula is C18H20F2N4O. The van der Waals surface area contributed by atoms with Crippen LogP contribution in [0.3, 0.4) is 0 Å². The molecule has 7 heteroatoms. The van der Waals surface area contributed by atoms with E-state index in [4.69, 9.17) is 0 Å². The van der Waals surface area contributed by atoms with Gasteiger partial charge in [0.25, 0.3) is 0 Å². The standard InChI is InChI=1S/C18H20F2N4O/c1-21-18(22-11-10-13-2-4-14(19)5-3-13)23-12-17(25)24-16-8-6-15(20)7-9-16/h2-9H,10-12H2,1H3,(H,24,25)(H2,21,22,23). The summed E-state index contributed by atoms with van der Waals surface area (Å²) in [5, 5.41) is 8.61. The third-order valence-corrected chi connectivity index (χ3v) is 3.39. The number of anilines is 1. The van der Waals surface area contributed by atoms with E-state index >= 15 is 0 Å². The Bertz CT molecular complexity index is 715. The van der Waals surface area contributed by atoms with E-state index in [1.54, 1.807) is 19.2 Å². The van der Waals surface area contributed by atoms with Crippen LogP contribution in [-0.4, -0.2) is 32.0 Å². The molecule has 2 aromatic rings. The minimum atomic E-state index is -0.359. The molecule has 1 amide bonds. The molecule has 0 unspecified atom stereocenters. The number of guanidine groups is 1. The van der Waals surface area contributed by atoms with E-state index in [0.29, 0.717) is 24.6 Å². The topological polar surface area (TPSA) is 65.5 Å². The van der Waals surface area contributed by atoms with Gasteiger partial charge in [-0.2, -0.15) is 0 Å². The number of benzene rings is 2. The highest BCUT2D eigenvalue weighted by molar-refractivity contribution is 5.94. The molecule has 0 aromatic heterocycles. The second kappa shape index (κ2) is 9.36. The fourth-order valence-corrected chi connectivity index (χ4v) is 2.10. The van der Waals surface area contributed by atoms with Crippen LogP contribution in [-0.2, 0) is 11.2 Å². The van der Waals surface area contributed by atoms with Crippen molar-refractivity contribution in [2.75, 3.05) is 25.5 Å². The molecule has 0 saturated carbocycles. The number of hydrogen-bond donors (Lipinski definition) is 3. The maximum atomic E-state index is 12.8. The minimum Gasteiger partial charge on any atom is -0.356 e. The number of nitrogens with one attached hydrogen (secondary N) is 3. The quantitative estimate of drug-likeness (QED) is 0.555. The van der Waals surface area contributed by atoms with E-state index in [-0.39, 0.29) is 24.1 Å². The molecule has 0 saturated heterocycles. The smallest absolute Gasteiger partial charge is 0.243 e. The monoisotopic (exact) mass is 346 g/mol. The predicted molar refractivity (Wildman–Crippen MR) is 94.5 cm³/mol. The highest BCUT2D eigenvalue weighted by atomic mass is 19.1. The van der Waals surface area contributed by atoms with Gasteiger partial charge in [-0.15, -0.1) is 0 Å². The maximum Gasteiger partial charge on any atom is 0.243 e. The van der Waals surface area contributed by atoms with Crippen LogP contribution in [0.4, 0.5) is 14.5 Å². The number of rotatable bonds is 6. The first-order valence-corrected chi connectivity index (χ1v) is 7.81. The zero-order valence-electron chi connectivity index (χ0n) is 13.9. The average molecular weight is 346 g/mol. The van der Waals surface area contributed by atoms with Gasteiger partial charge in [0.2, 0.25) is 5.91 Å². The molecule has 0 bridgehead atoms. The van der Waals surface area contributed by atoms with Crippen LogP contribution >= 0.6 is 0 Å². The van der Waals surface area contributed by atoms with Crippen LogP contribution in [0.15, 0.2) is 53.5 Å². The van der Waals surface area contributed by atoms with Gasteiger partial charge in [-0.1, -0.05) is 12.1 Å². The molecule has 5 nitrogen and oxygen atoms in total. The molecule has 25 heavy (non-hydrogen) atoms. The van der Waals surface area contributed by atoms with E-state index in [9.17, 15) is 13.6 Å². The Kier molecular flexibility index (Phi) is 6.88. The number of carbonyl (C=O) groups is 1. The lowest BCUT2D eigenvalue weighted by Crippen LogP contribution is -2.42. The molecule has 0 atom stereocenters. The summed E-state index contributed by atoms with van der Waals surface area (Å²) >= 11 is 0. The van der Waals surface area contributed by atoms with Crippen molar-refractivity contribution in [3.05, 3.63) is 65.7 Å². The van der Waals surface area contributed by atoms with Gasteiger partial charge in [0, 0.05) is 19.3 Å². The Morgan fingerprint density at radius 1 is 0.960 bits per heavy atom. The lowest BCUT2D eigenvalue weighted by Gasteiger charge is -2.12. The van der Waals surface area contributed by atoms with Gasteiger partial charge in [0.1, 0.15) is 11.6 Å². The molecule has 2 aromatic carbocycles. The van der Waals surface area contributed by atoms with E-state index in [1.807, 2.05) is 0 Å². The molecule has 2 rings (SSSR count). The van der Waals surface area contributed by atoms with E-state index in [0.717, 1.165) is 5.56 Å². The van der Waals surface area contributed by atoms with Gasteiger partial charge < -0.3 is 16.0 Å². The van der Waals surface area contributed by atoms with Gasteiger partial charge in [0.05, 0.1) is 6.54 Å². The van der Waals surface area contributed by atoms with Gasteiger partial charge in [-0.3, -0.25) is 9.79 Å². The fraction of sp³-hybridized carbons (Fsp3) is 0.222. The minimum absolute atomic E-state index is 0.0214. The summed E-state index contributed by atoms with van der Waals surface area (Å²) in [4.78, 5) is 15.9. The number of nitrogens with zero attached hydrogens (tertiary/aromatic N) is 1. The Balaban J connectivity index is 1.71. The molecular weight excluding hydrogens is 326 g/mol. The lowest BCUT2D eigenvalue weighted by atomic mass is 10.1. The van der Waals surface area contributed by atoms with Crippen LogP contribution < -0.4 is 16.0 Å². The normalized spacial score (nSPS) is 11.1. The van der Waals surface area contributed by atoms with Crippen LogP contribution in [0.2, 0.25) is 0 Å². The van der Waals surface area contributed by atoms with Crippen molar-refractivity contribution in [2.24, 2.45) is 4.99 Å². The Hall–Kier alpha value is -2.96. The molecule has 0 heterocycles. The molecule has 0 radical (unpaired) electrons. The third-order valence-electron chi connectivity index (χ3n) is 3.39. The van der Waals surface area contributed by atoms with Crippen molar-refractivity contribution < 1.29 is 13.6 Å². The van der Waals surface area contributed by atoms with Crippen molar-refractivity contribution in [3.63, 3.8) is 0 Å². The fourth-order valence-electron chi connectivity index (χ4n) is 2.10. The van der Waals surface area contributed by atoms with E-state index < -0.39 is 0 Å². The largest absolute Gasteiger partial charge is 0.356 e. The molecule has 0 aliphatic rings. The molecule has 0 spiro atoms. The predicted octanol–water partition coefficient (Wildman–Crippen LogP) is 2.31. The van der Waals surface area contributed by atoms with Crippen molar-refractivity contribution in [1.82, 2.24) is 10.6 Å². The Morgan fingerprint density at radius 3 is 2.16 bits per heavy atom. The SMILES string of the molecule is CN=C(NCCc1ccc(F)cc1)NCC(=O)Nc1ccc(F)cc1. The van der Waals surface area contributed by atoms with Crippen LogP contribution in [0.25, 0.3) is 0 Å². The summed E-state index contributed by atoms with van der Waals surface area (Å²) in [5.41, 5.74) is 1.52. The van der Waals surface area contributed by atoms with Gasteiger partial charge in [0.15, 0.2) is 5.96 Å². The van der Waals surface area contributed by atoms with Gasteiger partial charge in [-0.25, -0.2) is 8.78 Å². The van der Waals surface area contributed by atoms with Crippen LogP contribution in [0, 0.1) is 11.6 Å². The first-order valence-electron chi connectivity index (χ1n) is 7.81. The van der Waals surface area contributed by atoms with Crippen molar-refractivity contribution in [1.29, 1.82) is 0 Å². The molecule has 0 aliphatic carbocycles. The summed E-state index contributed by atoms with van der Waals surface area (Å²) in [7, 11) is 1.60. The summed E-state index contributed by atoms with van der Waals surface area (Å²) in [6.07, 6.45) is 0.697. The summed E-state index contributed by atoms with van der Waals surface area (Å²) in [6, 6.07) is 11.8. The zero-order valence-corrected chi connectivity index (χ0v) is 13.9. The highest BCUT2D eigenvalue weighted by Gasteiger charge is 2.04. The molecule has 0 aliphatic heterocycles. The van der Waals surface area contributed by atoms with Crippen molar-refractivity contribution in [2.45, 2.75) is 6.42 Å². The Morgan fingerprint density at radius 2 is 1.56 bits per heavy atom. The summed E-state index contributed by atoms with van der Waals surface area (Å²) in [6.45, 7) is 0.610. The molecule has 132 valence electrons. The number of hydrogen-bond acceptors (Lipinski definition) is 2. The van der Waals surface area contributed by atoms with Gasteiger partial charge in [-0.05, 0) is 48.4 Å². The first kappa shape index (κ1) is 18.4. The maximum absolute atomic E-state index is 12.8. The Labute approximate surface area is 145 Å². The van der Waals surface area contributed by atoms with Gasteiger partial charge >= 0.3 is 0 Å². The third kappa shape index (κ3) is 6.58. The lowest BCUT2D eigenvalue weighted by molar-refractivity contribution is -0.115. The summed E-state index contributed by atoms with van der Waals surface area (Å²) in [5.74, 6) is -0.410.